The van der Waals surface area contributed by atoms with Crippen molar-refractivity contribution in [3.63, 3.8) is 0 Å². The number of aliphatic hydroxyl groups is 1. The molecule has 0 aromatic heterocycles. The van der Waals surface area contributed by atoms with Gasteiger partial charge in [-0.25, -0.2) is 0 Å². The molecule has 2 atom stereocenters. The summed E-state index contributed by atoms with van der Waals surface area (Å²) in [6.07, 6.45) is 1.79. The summed E-state index contributed by atoms with van der Waals surface area (Å²) in [5.74, 6) is -0.699. The molecule has 0 heterocycles. The summed E-state index contributed by atoms with van der Waals surface area (Å²) >= 11 is 0. The van der Waals surface area contributed by atoms with Gasteiger partial charge in [0, 0.05) is 0 Å². The number of fused-ring (bicyclic) bond motifs is 1. The average Bonchev–Trinajstić information content (AvgIpc) is 2.50. The van der Waals surface area contributed by atoms with Crippen molar-refractivity contribution in [1.29, 1.82) is 0 Å². The van der Waals surface area contributed by atoms with Crippen molar-refractivity contribution in [1.82, 2.24) is 0 Å². The third-order valence-corrected chi connectivity index (χ3v) is 3.31. The number of aryl methyl sites for hydroxylation is 1. The van der Waals surface area contributed by atoms with Gasteiger partial charge in [-0.05, 0) is 37.3 Å². The maximum atomic E-state index is 11.8. The molecule has 0 saturated carbocycles. The van der Waals surface area contributed by atoms with Crippen molar-refractivity contribution in [2.45, 2.75) is 32.3 Å². The van der Waals surface area contributed by atoms with Crippen molar-refractivity contribution in [2.24, 2.45) is 5.92 Å². The number of benzene rings is 1. The van der Waals surface area contributed by atoms with E-state index in [1.807, 2.05) is 24.3 Å². The highest BCUT2D eigenvalue weighted by Crippen LogP contribution is 2.33. The lowest BCUT2D eigenvalue weighted by Crippen LogP contribution is -2.24. The highest BCUT2D eigenvalue weighted by atomic mass is 16.5. The van der Waals surface area contributed by atoms with Crippen LogP contribution in [0.4, 0.5) is 0 Å². The topological polar surface area (TPSA) is 46.5 Å². The van der Waals surface area contributed by atoms with Crippen LogP contribution in [0, 0.1) is 5.92 Å². The van der Waals surface area contributed by atoms with Gasteiger partial charge in [0.2, 0.25) is 0 Å². The zero-order valence-corrected chi connectivity index (χ0v) is 10.1. The first-order valence-corrected chi connectivity index (χ1v) is 6.16. The van der Waals surface area contributed by atoms with E-state index in [1.165, 1.54) is 0 Å². The molecule has 0 radical (unpaired) electrons. The molecule has 1 aliphatic carbocycles. The summed E-state index contributed by atoms with van der Waals surface area (Å²) in [4.78, 5) is 11.8. The fourth-order valence-corrected chi connectivity index (χ4v) is 2.43. The Kier molecular flexibility index (Phi) is 3.79. The maximum absolute atomic E-state index is 11.8. The van der Waals surface area contributed by atoms with Gasteiger partial charge >= 0.3 is 5.97 Å². The lowest BCUT2D eigenvalue weighted by molar-refractivity contribution is -0.152. The second-order valence-electron chi connectivity index (χ2n) is 4.39. The van der Waals surface area contributed by atoms with E-state index >= 15 is 0 Å². The number of esters is 1. The van der Waals surface area contributed by atoms with Crippen molar-refractivity contribution in [3.05, 3.63) is 35.4 Å². The molecular formula is C14H18O3. The van der Waals surface area contributed by atoms with E-state index in [1.54, 1.807) is 6.92 Å². The Labute approximate surface area is 101 Å². The average molecular weight is 234 g/mol. The van der Waals surface area contributed by atoms with Crippen molar-refractivity contribution in [2.75, 3.05) is 6.61 Å². The van der Waals surface area contributed by atoms with E-state index in [-0.39, 0.29) is 5.97 Å². The predicted molar refractivity (Wildman–Crippen MR) is 64.5 cm³/mol. The first kappa shape index (κ1) is 12.1. The third-order valence-electron chi connectivity index (χ3n) is 3.31. The predicted octanol–water partition coefficient (Wildman–Crippen LogP) is 2.24. The minimum absolute atomic E-state index is 0.281. The minimum Gasteiger partial charge on any atom is -0.466 e. The summed E-state index contributed by atoms with van der Waals surface area (Å²) in [6.45, 7) is 2.15. The fraction of sp³-hybridized carbons (Fsp3) is 0.500. The lowest BCUT2D eigenvalue weighted by Gasteiger charge is -2.20. The number of ether oxygens (including phenoxy) is 1. The number of rotatable bonds is 2. The van der Waals surface area contributed by atoms with Crippen LogP contribution in [0.2, 0.25) is 0 Å². The quantitative estimate of drug-likeness (QED) is 0.630. The van der Waals surface area contributed by atoms with Gasteiger partial charge in [-0.2, -0.15) is 0 Å². The standard InChI is InChI=1S/C14H18O3/c1-2-17-14(16)12-9-5-7-10-6-3-4-8-11(10)13(12)15/h3-4,6,8,12-13,15H,2,5,7,9H2,1H3/t12-,13-/m1/s1. The summed E-state index contributed by atoms with van der Waals surface area (Å²) in [5, 5.41) is 10.3. The molecule has 1 aliphatic rings. The molecule has 92 valence electrons. The zero-order chi connectivity index (χ0) is 12.3. The van der Waals surface area contributed by atoms with Gasteiger partial charge < -0.3 is 9.84 Å². The zero-order valence-electron chi connectivity index (χ0n) is 10.1. The lowest BCUT2D eigenvalue weighted by atomic mass is 9.93. The molecule has 0 bridgehead atoms. The van der Waals surface area contributed by atoms with Crippen molar-refractivity contribution >= 4 is 5.97 Å². The molecule has 0 fully saturated rings. The summed E-state index contributed by atoms with van der Waals surface area (Å²) in [5.41, 5.74) is 2.02. The molecule has 1 aromatic carbocycles. The fourth-order valence-electron chi connectivity index (χ4n) is 2.43. The minimum atomic E-state index is -0.729. The Balaban J connectivity index is 2.25. The Morgan fingerprint density at radius 1 is 1.47 bits per heavy atom. The van der Waals surface area contributed by atoms with Gasteiger partial charge in [-0.1, -0.05) is 24.3 Å². The largest absolute Gasteiger partial charge is 0.466 e. The van der Waals surface area contributed by atoms with Gasteiger partial charge in [0.25, 0.3) is 0 Å². The summed E-state index contributed by atoms with van der Waals surface area (Å²) < 4.78 is 5.02. The Morgan fingerprint density at radius 2 is 2.24 bits per heavy atom. The molecule has 0 spiro atoms. The second-order valence-corrected chi connectivity index (χ2v) is 4.39. The second kappa shape index (κ2) is 5.32. The molecule has 0 unspecified atom stereocenters. The van der Waals surface area contributed by atoms with E-state index in [4.69, 9.17) is 4.74 Å². The smallest absolute Gasteiger partial charge is 0.311 e. The van der Waals surface area contributed by atoms with Gasteiger partial charge in [0.15, 0.2) is 0 Å². The SMILES string of the molecule is CCOC(=O)[C@@H]1CCCc2ccccc2[C@H]1O. The summed E-state index contributed by atoms with van der Waals surface area (Å²) in [7, 11) is 0. The molecule has 3 nitrogen and oxygen atoms in total. The first-order chi connectivity index (χ1) is 8.24. The number of carbonyl (C=O) groups is 1. The molecule has 0 amide bonds. The van der Waals surface area contributed by atoms with E-state index < -0.39 is 12.0 Å². The third kappa shape index (κ3) is 2.50. The van der Waals surface area contributed by atoms with E-state index in [9.17, 15) is 9.90 Å². The first-order valence-electron chi connectivity index (χ1n) is 6.16. The van der Waals surface area contributed by atoms with Gasteiger partial charge in [-0.3, -0.25) is 4.79 Å². The molecule has 0 aliphatic heterocycles. The van der Waals surface area contributed by atoms with Crippen LogP contribution < -0.4 is 0 Å². The number of aliphatic hydroxyl groups excluding tert-OH is 1. The van der Waals surface area contributed by atoms with E-state index in [0.29, 0.717) is 13.0 Å². The number of hydrogen-bond donors (Lipinski definition) is 1. The molecule has 2 rings (SSSR count). The highest BCUT2D eigenvalue weighted by Gasteiger charge is 2.32. The van der Waals surface area contributed by atoms with Gasteiger partial charge in [-0.15, -0.1) is 0 Å². The Morgan fingerprint density at radius 3 is 3.00 bits per heavy atom. The summed E-state index contributed by atoms with van der Waals surface area (Å²) in [6, 6.07) is 7.79. The molecular weight excluding hydrogens is 216 g/mol. The molecule has 0 saturated heterocycles. The van der Waals surface area contributed by atoms with Crippen LogP contribution in [0.3, 0.4) is 0 Å². The van der Waals surface area contributed by atoms with E-state index in [2.05, 4.69) is 0 Å². The monoisotopic (exact) mass is 234 g/mol. The van der Waals surface area contributed by atoms with Crippen LogP contribution in [0.15, 0.2) is 24.3 Å². The van der Waals surface area contributed by atoms with Crippen LogP contribution in [0.25, 0.3) is 0 Å². The van der Waals surface area contributed by atoms with Crippen LogP contribution in [0.5, 0.6) is 0 Å². The highest BCUT2D eigenvalue weighted by molar-refractivity contribution is 5.73. The Bertz CT molecular complexity index is 400. The van der Waals surface area contributed by atoms with Gasteiger partial charge in [0.05, 0.1) is 18.6 Å². The van der Waals surface area contributed by atoms with Crippen molar-refractivity contribution in [3.8, 4) is 0 Å². The molecule has 1 N–H and O–H groups in total. The number of hydrogen-bond acceptors (Lipinski definition) is 3. The van der Waals surface area contributed by atoms with Crippen LogP contribution in [0.1, 0.15) is 37.0 Å². The van der Waals surface area contributed by atoms with Crippen molar-refractivity contribution < 1.29 is 14.6 Å². The van der Waals surface area contributed by atoms with E-state index in [0.717, 1.165) is 24.0 Å². The Hall–Kier alpha value is -1.35. The van der Waals surface area contributed by atoms with Crippen LogP contribution in [-0.2, 0) is 16.0 Å². The molecule has 1 aromatic rings. The number of carbonyl (C=O) groups excluding carboxylic acids is 1. The molecule has 17 heavy (non-hydrogen) atoms. The van der Waals surface area contributed by atoms with Crippen LogP contribution >= 0.6 is 0 Å². The van der Waals surface area contributed by atoms with Crippen LogP contribution in [-0.4, -0.2) is 17.7 Å². The molecule has 3 heteroatoms. The maximum Gasteiger partial charge on any atom is 0.311 e. The normalized spacial score (nSPS) is 23.6. The van der Waals surface area contributed by atoms with Gasteiger partial charge in [0.1, 0.15) is 0 Å².